The maximum absolute atomic E-state index is 13.8. The number of hydrogen-bond acceptors (Lipinski definition) is 3. The van der Waals surface area contributed by atoms with Gasteiger partial charge in [-0.1, -0.05) is 19.1 Å². The van der Waals surface area contributed by atoms with E-state index in [1.165, 1.54) is 6.07 Å². The van der Waals surface area contributed by atoms with E-state index < -0.39 is 0 Å². The van der Waals surface area contributed by atoms with Gasteiger partial charge in [-0.25, -0.2) is 4.39 Å². The van der Waals surface area contributed by atoms with Gasteiger partial charge < -0.3 is 14.5 Å². The summed E-state index contributed by atoms with van der Waals surface area (Å²) in [7, 11) is 0. The first kappa shape index (κ1) is 14.5. The van der Waals surface area contributed by atoms with Crippen molar-refractivity contribution >= 4 is 11.0 Å². The van der Waals surface area contributed by atoms with Crippen molar-refractivity contribution in [2.45, 2.75) is 44.8 Å². The van der Waals surface area contributed by atoms with Crippen LogP contribution in [0.3, 0.4) is 0 Å². The van der Waals surface area contributed by atoms with Crippen molar-refractivity contribution in [2.24, 2.45) is 0 Å². The van der Waals surface area contributed by atoms with Crippen molar-refractivity contribution in [3.63, 3.8) is 0 Å². The molecule has 1 aliphatic rings. The summed E-state index contributed by atoms with van der Waals surface area (Å²) in [6.07, 6.45) is 3.06. The molecule has 2 atom stereocenters. The van der Waals surface area contributed by atoms with Gasteiger partial charge in [0.25, 0.3) is 0 Å². The number of hydrogen-bond donors (Lipinski definition) is 1. The predicted octanol–water partition coefficient (Wildman–Crippen LogP) is 4.18. The van der Waals surface area contributed by atoms with Crippen LogP contribution in [0.25, 0.3) is 11.0 Å². The number of rotatable bonds is 5. The van der Waals surface area contributed by atoms with Crippen LogP contribution in [0.15, 0.2) is 28.7 Å². The zero-order chi connectivity index (χ0) is 14.9. The zero-order valence-electron chi connectivity index (χ0n) is 12.6. The van der Waals surface area contributed by atoms with E-state index in [1.807, 2.05) is 12.1 Å². The van der Waals surface area contributed by atoms with Crippen molar-refractivity contribution in [1.29, 1.82) is 0 Å². The zero-order valence-corrected chi connectivity index (χ0v) is 12.6. The molecule has 0 radical (unpaired) electrons. The Balaban J connectivity index is 1.99. The Labute approximate surface area is 124 Å². The van der Waals surface area contributed by atoms with Crippen LogP contribution in [-0.4, -0.2) is 18.8 Å². The molecule has 21 heavy (non-hydrogen) atoms. The lowest BCUT2D eigenvalue weighted by molar-refractivity contribution is -0.0177. The molecule has 3 rings (SSSR count). The van der Waals surface area contributed by atoms with Gasteiger partial charge in [-0.15, -0.1) is 0 Å². The van der Waals surface area contributed by atoms with Gasteiger partial charge >= 0.3 is 0 Å². The van der Waals surface area contributed by atoms with E-state index in [9.17, 15) is 4.39 Å². The highest BCUT2D eigenvalue weighted by molar-refractivity contribution is 5.78. The first-order valence-corrected chi connectivity index (χ1v) is 7.69. The second-order valence-electron chi connectivity index (χ2n) is 5.96. The summed E-state index contributed by atoms with van der Waals surface area (Å²) in [5.41, 5.74) is 0.0388. The van der Waals surface area contributed by atoms with Crippen LogP contribution in [0, 0.1) is 5.82 Å². The summed E-state index contributed by atoms with van der Waals surface area (Å²) in [5, 5.41) is 4.31. The molecule has 4 heteroatoms. The molecule has 0 bridgehead atoms. The Kier molecular flexibility index (Phi) is 4.00. The van der Waals surface area contributed by atoms with Gasteiger partial charge in [0, 0.05) is 12.0 Å². The Morgan fingerprint density at radius 1 is 1.43 bits per heavy atom. The number of benzene rings is 1. The molecule has 0 saturated carbocycles. The smallest absolute Gasteiger partial charge is 0.169 e. The molecule has 2 heterocycles. The predicted molar refractivity (Wildman–Crippen MR) is 80.8 cm³/mol. The second kappa shape index (κ2) is 5.78. The average Bonchev–Trinajstić information content (AvgIpc) is 3.07. The van der Waals surface area contributed by atoms with Crippen molar-refractivity contribution in [3.8, 4) is 0 Å². The van der Waals surface area contributed by atoms with Crippen molar-refractivity contribution < 1.29 is 13.5 Å². The lowest BCUT2D eigenvalue weighted by Crippen LogP contribution is -2.41. The molecule has 1 aromatic carbocycles. The molecule has 1 aromatic heterocycles. The largest absolute Gasteiger partial charge is 0.456 e. The second-order valence-corrected chi connectivity index (χ2v) is 5.96. The highest BCUT2D eigenvalue weighted by Gasteiger charge is 2.40. The van der Waals surface area contributed by atoms with Gasteiger partial charge in [-0.3, -0.25) is 0 Å². The lowest BCUT2D eigenvalue weighted by atomic mass is 9.91. The van der Waals surface area contributed by atoms with E-state index in [4.69, 9.17) is 9.15 Å². The summed E-state index contributed by atoms with van der Waals surface area (Å²) < 4.78 is 25.6. The fourth-order valence-electron chi connectivity index (χ4n) is 3.12. The summed E-state index contributed by atoms with van der Waals surface area (Å²) in [5.74, 6) is 0.443. The SMILES string of the molecule is CCCNC(c1cc2cccc(F)c2o1)C1(C)CCCO1. The van der Waals surface area contributed by atoms with Crippen LogP contribution in [0.2, 0.25) is 0 Å². The molecule has 2 unspecified atom stereocenters. The molecular formula is C17H22FNO2. The van der Waals surface area contributed by atoms with Gasteiger partial charge in [0.15, 0.2) is 11.4 Å². The standard InChI is InChI=1S/C17H22FNO2/c1-3-9-19-16(17(2)8-5-10-20-17)14-11-12-6-4-7-13(18)15(12)21-14/h4,6-7,11,16,19H,3,5,8-10H2,1-2H3. The van der Waals surface area contributed by atoms with Gasteiger partial charge in [-0.2, -0.15) is 0 Å². The number of furan rings is 1. The van der Waals surface area contributed by atoms with Crippen LogP contribution < -0.4 is 5.32 Å². The Morgan fingerprint density at radius 3 is 2.95 bits per heavy atom. The van der Waals surface area contributed by atoms with Crippen LogP contribution in [0.4, 0.5) is 4.39 Å². The summed E-state index contributed by atoms with van der Waals surface area (Å²) in [6, 6.07) is 6.89. The van der Waals surface area contributed by atoms with Crippen molar-refractivity contribution in [2.75, 3.05) is 13.2 Å². The van der Waals surface area contributed by atoms with Gasteiger partial charge in [-0.05, 0) is 44.9 Å². The molecule has 1 fully saturated rings. The minimum absolute atomic E-state index is 0.0493. The average molecular weight is 291 g/mol. The Morgan fingerprint density at radius 2 is 2.29 bits per heavy atom. The van der Waals surface area contributed by atoms with Crippen molar-refractivity contribution in [1.82, 2.24) is 5.32 Å². The Hall–Kier alpha value is -1.39. The fourth-order valence-corrected chi connectivity index (χ4v) is 3.12. The molecule has 1 aliphatic heterocycles. The number of fused-ring (bicyclic) bond motifs is 1. The molecule has 1 N–H and O–H groups in total. The first-order valence-electron chi connectivity index (χ1n) is 7.69. The summed E-state index contributed by atoms with van der Waals surface area (Å²) in [4.78, 5) is 0. The third-order valence-corrected chi connectivity index (χ3v) is 4.26. The highest BCUT2D eigenvalue weighted by atomic mass is 19.1. The molecule has 114 valence electrons. The maximum Gasteiger partial charge on any atom is 0.169 e. The molecule has 0 amide bonds. The number of halogens is 1. The van der Waals surface area contributed by atoms with E-state index in [1.54, 1.807) is 6.07 Å². The number of para-hydroxylation sites is 1. The minimum Gasteiger partial charge on any atom is -0.456 e. The molecule has 3 nitrogen and oxygen atoms in total. The highest BCUT2D eigenvalue weighted by Crippen LogP contribution is 2.39. The van der Waals surface area contributed by atoms with E-state index >= 15 is 0 Å². The lowest BCUT2D eigenvalue weighted by Gasteiger charge is -2.32. The van der Waals surface area contributed by atoms with Crippen LogP contribution >= 0.6 is 0 Å². The van der Waals surface area contributed by atoms with Crippen LogP contribution in [0.5, 0.6) is 0 Å². The van der Waals surface area contributed by atoms with Gasteiger partial charge in [0.2, 0.25) is 0 Å². The van der Waals surface area contributed by atoms with Crippen LogP contribution in [-0.2, 0) is 4.74 Å². The minimum atomic E-state index is -0.314. The molecule has 0 spiro atoms. The summed E-state index contributed by atoms with van der Waals surface area (Å²) >= 11 is 0. The third-order valence-electron chi connectivity index (χ3n) is 4.26. The normalized spacial score (nSPS) is 23.8. The summed E-state index contributed by atoms with van der Waals surface area (Å²) in [6.45, 7) is 5.88. The monoisotopic (exact) mass is 291 g/mol. The Bertz CT molecular complexity index is 616. The molecule has 0 aliphatic carbocycles. The molecule has 2 aromatic rings. The topological polar surface area (TPSA) is 34.4 Å². The first-order chi connectivity index (χ1) is 10.1. The molecule has 1 saturated heterocycles. The van der Waals surface area contributed by atoms with Gasteiger partial charge in [0.1, 0.15) is 5.76 Å². The molecular weight excluding hydrogens is 269 g/mol. The van der Waals surface area contributed by atoms with E-state index in [0.29, 0.717) is 5.58 Å². The van der Waals surface area contributed by atoms with Crippen LogP contribution in [0.1, 0.15) is 44.9 Å². The fraction of sp³-hybridized carbons (Fsp3) is 0.529. The third kappa shape index (κ3) is 2.70. The van der Waals surface area contributed by atoms with Gasteiger partial charge in [0.05, 0.1) is 11.6 Å². The van der Waals surface area contributed by atoms with E-state index in [0.717, 1.165) is 43.6 Å². The number of ether oxygens (including phenoxy) is 1. The van der Waals surface area contributed by atoms with E-state index in [2.05, 4.69) is 19.2 Å². The van der Waals surface area contributed by atoms with Crippen molar-refractivity contribution in [3.05, 3.63) is 35.8 Å². The quantitative estimate of drug-likeness (QED) is 0.897. The maximum atomic E-state index is 13.8. The van der Waals surface area contributed by atoms with E-state index in [-0.39, 0.29) is 17.5 Å². The number of nitrogens with one attached hydrogen (secondary N) is 1.